The van der Waals surface area contributed by atoms with Crippen molar-refractivity contribution in [1.82, 2.24) is 0 Å². The molecule has 1 heterocycles. The molecule has 1 atom stereocenters. The first-order chi connectivity index (χ1) is 12.8. The number of hydrogen-bond donors (Lipinski definition) is 1. The van der Waals surface area contributed by atoms with E-state index in [0.29, 0.717) is 5.04 Å². The summed E-state index contributed by atoms with van der Waals surface area (Å²) in [7, 11) is 0. The molecule has 2 aromatic rings. The van der Waals surface area contributed by atoms with Gasteiger partial charge in [-0.05, 0) is 25.5 Å². The molecule has 0 bridgehead atoms. The van der Waals surface area contributed by atoms with Crippen LogP contribution >= 0.6 is 11.8 Å². The SMILES string of the molecule is Cc1ccc(C2=NC(=O)[C@@H](CC(=O)Nc3ccc(C)cc3[N+](=O)[O-])S2)cc1. The van der Waals surface area contributed by atoms with Crippen LogP contribution in [-0.2, 0) is 9.59 Å². The van der Waals surface area contributed by atoms with E-state index in [2.05, 4.69) is 10.3 Å². The Morgan fingerprint density at radius 1 is 1.19 bits per heavy atom. The second kappa shape index (κ2) is 7.71. The lowest BCUT2D eigenvalue weighted by Crippen LogP contribution is -2.21. The number of carbonyl (C=O) groups is 2. The molecule has 2 aromatic carbocycles. The summed E-state index contributed by atoms with van der Waals surface area (Å²) in [6.07, 6.45) is -0.104. The van der Waals surface area contributed by atoms with Gasteiger partial charge in [0.05, 0.1) is 4.92 Å². The van der Waals surface area contributed by atoms with Gasteiger partial charge in [-0.25, -0.2) is 4.99 Å². The van der Waals surface area contributed by atoms with Crippen LogP contribution in [0.2, 0.25) is 0 Å². The van der Waals surface area contributed by atoms with Crippen molar-refractivity contribution in [2.45, 2.75) is 25.5 Å². The summed E-state index contributed by atoms with van der Waals surface area (Å²) in [6.45, 7) is 3.70. The third kappa shape index (κ3) is 4.40. The summed E-state index contributed by atoms with van der Waals surface area (Å²) < 4.78 is 0. The molecule has 0 saturated carbocycles. The number of hydrogen-bond acceptors (Lipinski definition) is 5. The number of aliphatic imine (C=N–C) groups is 1. The summed E-state index contributed by atoms with van der Waals surface area (Å²) in [5, 5.41) is 13.6. The molecule has 2 amide bonds. The molecular formula is C19H17N3O4S. The number of thioether (sulfide) groups is 1. The van der Waals surface area contributed by atoms with Gasteiger partial charge in [-0.1, -0.05) is 47.7 Å². The largest absolute Gasteiger partial charge is 0.320 e. The maximum Gasteiger partial charge on any atom is 0.293 e. The molecule has 0 radical (unpaired) electrons. The van der Waals surface area contributed by atoms with Crippen molar-refractivity contribution in [1.29, 1.82) is 0 Å². The molecule has 3 rings (SSSR count). The van der Waals surface area contributed by atoms with Crippen LogP contribution < -0.4 is 5.32 Å². The highest BCUT2D eigenvalue weighted by atomic mass is 32.2. The average Bonchev–Trinajstić information content (AvgIpc) is 2.97. The number of anilines is 1. The molecular weight excluding hydrogens is 366 g/mol. The lowest BCUT2D eigenvalue weighted by molar-refractivity contribution is -0.384. The van der Waals surface area contributed by atoms with Gasteiger partial charge in [0.2, 0.25) is 5.91 Å². The Morgan fingerprint density at radius 3 is 2.52 bits per heavy atom. The van der Waals surface area contributed by atoms with Gasteiger partial charge in [-0.15, -0.1) is 0 Å². The van der Waals surface area contributed by atoms with Gasteiger partial charge in [-0.3, -0.25) is 19.7 Å². The molecule has 0 spiro atoms. The van der Waals surface area contributed by atoms with E-state index in [0.717, 1.165) is 16.7 Å². The third-order valence-electron chi connectivity index (χ3n) is 4.03. The molecule has 8 heteroatoms. The summed E-state index contributed by atoms with van der Waals surface area (Å²) in [5.41, 5.74) is 2.59. The Bertz CT molecular complexity index is 954. The Hall–Kier alpha value is -3.00. The first-order valence-electron chi connectivity index (χ1n) is 8.24. The van der Waals surface area contributed by atoms with E-state index in [4.69, 9.17) is 0 Å². The van der Waals surface area contributed by atoms with Crippen molar-refractivity contribution < 1.29 is 14.5 Å². The van der Waals surface area contributed by atoms with Gasteiger partial charge in [0, 0.05) is 18.1 Å². The predicted octanol–water partition coefficient (Wildman–Crippen LogP) is 3.63. The fourth-order valence-electron chi connectivity index (χ4n) is 2.61. The minimum atomic E-state index is -0.634. The van der Waals surface area contributed by atoms with Crippen LogP contribution in [0.1, 0.15) is 23.1 Å². The maximum absolute atomic E-state index is 12.3. The van der Waals surface area contributed by atoms with Crippen molar-refractivity contribution in [3.63, 3.8) is 0 Å². The van der Waals surface area contributed by atoms with Crippen LogP contribution in [0.5, 0.6) is 0 Å². The second-order valence-electron chi connectivity index (χ2n) is 6.26. The molecule has 0 aromatic heterocycles. The molecule has 27 heavy (non-hydrogen) atoms. The fraction of sp³-hybridized carbons (Fsp3) is 0.211. The molecule has 138 valence electrons. The number of benzene rings is 2. The van der Waals surface area contributed by atoms with Crippen LogP contribution in [0.4, 0.5) is 11.4 Å². The maximum atomic E-state index is 12.3. The smallest absolute Gasteiger partial charge is 0.293 e. The van der Waals surface area contributed by atoms with E-state index in [9.17, 15) is 19.7 Å². The van der Waals surface area contributed by atoms with Crippen molar-refractivity contribution >= 4 is 40.0 Å². The summed E-state index contributed by atoms with van der Waals surface area (Å²) in [4.78, 5) is 39.1. The lowest BCUT2D eigenvalue weighted by Gasteiger charge is -2.09. The topological polar surface area (TPSA) is 102 Å². The van der Waals surface area contributed by atoms with Gasteiger partial charge in [0.25, 0.3) is 11.6 Å². The van der Waals surface area contributed by atoms with E-state index >= 15 is 0 Å². The highest BCUT2D eigenvalue weighted by Gasteiger charge is 2.31. The van der Waals surface area contributed by atoms with Crippen molar-refractivity contribution in [2.75, 3.05) is 5.32 Å². The molecule has 0 saturated heterocycles. The van der Waals surface area contributed by atoms with Crippen LogP contribution in [0, 0.1) is 24.0 Å². The minimum Gasteiger partial charge on any atom is -0.320 e. The Balaban J connectivity index is 1.67. The number of aryl methyl sites for hydroxylation is 2. The Labute approximate surface area is 160 Å². The first kappa shape index (κ1) is 18.8. The number of nitrogens with one attached hydrogen (secondary N) is 1. The zero-order valence-electron chi connectivity index (χ0n) is 14.8. The number of nitrogens with zero attached hydrogens (tertiary/aromatic N) is 2. The van der Waals surface area contributed by atoms with Gasteiger partial charge >= 0.3 is 0 Å². The number of carbonyl (C=O) groups excluding carboxylic acids is 2. The molecule has 0 fully saturated rings. The van der Waals surface area contributed by atoms with Gasteiger partial charge in [0.15, 0.2) is 0 Å². The number of nitro benzene ring substituents is 1. The van der Waals surface area contributed by atoms with Crippen LogP contribution in [0.3, 0.4) is 0 Å². The second-order valence-corrected chi connectivity index (χ2v) is 7.45. The van der Waals surface area contributed by atoms with Crippen LogP contribution in [0.15, 0.2) is 47.5 Å². The highest BCUT2D eigenvalue weighted by molar-refractivity contribution is 8.16. The van der Waals surface area contributed by atoms with Crippen molar-refractivity contribution in [3.05, 3.63) is 69.3 Å². The van der Waals surface area contributed by atoms with Crippen molar-refractivity contribution in [3.8, 4) is 0 Å². The molecule has 0 aliphatic carbocycles. The predicted molar refractivity (Wildman–Crippen MR) is 105 cm³/mol. The lowest BCUT2D eigenvalue weighted by atomic mass is 10.2. The highest BCUT2D eigenvalue weighted by Crippen LogP contribution is 2.30. The Kier molecular flexibility index (Phi) is 5.36. The molecule has 1 aliphatic heterocycles. The first-order valence-corrected chi connectivity index (χ1v) is 9.12. The third-order valence-corrected chi connectivity index (χ3v) is 5.24. The van der Waals surface area contributed by atoms with E-state index < -0.39 is 16.1 Å². The zero-order chi connectivity index (χ0) is 19.6. The molecule has 7 nitrogen and oxygen atoms in total. The molecule has 1 aliphatic rings. The quantitative estimate of drug-likeness (QED) is 0.627. The van der Waals surface area contributed by atoms with E-state index in [1.54, 1.807) is 13.0 Å². The summed E-state index contributed by atoms with van der Waals surface area (Å²) in [6, 6.07) is 12.2. The zero-order valence-corrected chi connectivity index (χ0v) is 15.6. The van der Waals surface area contributed by atoms with Gasteiger partial charge in [0.1, 0.15) is 16.0 Å². The Morgan fingerprint density at radius 2 is 1.85 bits per heavy atom. The van der Waals surface area contributed by atoms with Gasteiger partial charge in [-0.2, -0.15) is 0 Å². The van der Waals surface area contributed by atoms with Crippen molar-refractivity contribution in [2.24, 2.45) is 4.99 Å². The summed E-state index contributed by atoms with van der Waals surface area (Å²) >= 11 is 1.24. The standard InChI is InChI=1S/C19H17N3O4S/c1-11-3-6-13(7-4-11)19-21-18(24)16(27-19)10-17(23)20-14-8-5-12(2)9-15(14)22(25)26/h3-9,16H,10H2,1-2H3,(H,20,23)/t16-/m1/s1. The fourth-order valence-corrected chi connectivity index (χ4v) is 3.68. The number of rotatable bonds is 5. The number of nitro groups is 1. The normalized spacial score (nSPS) is 16.1. The van der Waals surface area contributed by atoms with Crippen LogP contribution in [0.25, 0.3) is 0 Å². The minimum absolute atomic E-state index is 0.104. The average molecular weight is 383 g/mol. The monoisotopic (exact) mass is 383 g/mol. The molecule has 1 N–H and O–H groups in total. The van der Waals surface area contributed by atoms with E-state index in [1.807, 2.05) is 31.2 Å². The van der Waals surface area contributed by atoms with E-state index in [-0.39, 0.29) is 23.7 Å². The van der Waals surface area contributed by atoms with Crippen LogP contribution in [-0.4, -0.2) is 27.0 Å². The molecule has 0 unspecified atom stereocenters. The number of amides is 2. The van der Waals surface area contributed by atoms with E-state index in [1.165, 1.54) is 23.9 Å². The van der Waals surface area contributed by atoms with Gasteiger partial charge < -0.3 is 5.32 Å². The summed E-state index contributed by atoms with van der Waals surface area (Å²) in [5.74, 6) is -0.836.